The minimum absolute atomic E-state index is 0.0534. The molecule has 0 aliphatic carbocycles. The molecule has 21 heavy (non-hydrogen) atoms. The Kier molecular flexibility index (Phi) is 5.37. The van der Waals surface area contributed by atoms with Crippen LogP contribution in [0.3, 0.4) is 0 Å². The molecule has 1 fully saturated rings. The van der Waals surface area contributed by atoms with E-state index in [2.05, 4.69) is 36.2 Å². The van der Waals surface area contributed by atoms with E-state index in [4.69, 9.17) is 5.73 Å². The molecule has 1 aromatic rings. The first-order valence-corrected chi connectivity index (χ1v) is 7.83. The van der Waals surface area contributed by atoms with Crippen LogP contribution in [-0.2, 0) is 4.79 Å². The van der Waals surface area contributed by atoms with Crippen molar-refractivity contribution in [1.29, 1.82) is 0 Å². The average molecular weight is 289 g/mol. The maximum absolute atomic E-state index is 12.1. The van der Waals surface area contributed by atoms with Gasteiger partial charge in [0.2, 0.25) is 5.91 Å². The summed E-state index contributed by atoms with van der Waals surface area (Å²) in [5.74, 6) is 1.08. The number of amides is 1. The number of carbonyl (C=O) groups is 1. The average Bonchev–Trinajstić information content (AvgIpc) is 2.87. The molecule has 1 heterocycles. The van der Waals surface area contributed by atoms with Gasteiger partial charge in [-0.05, 0) is 49.4 Å². The lowest BCUT2D eigenvalue weighted by Gasteiger charge is -2.17. The molecule has 2 unspecified atom stereocenters. The Labute approximate surface area is 127 Å². The predicted molar refractivity (Wildman–Crippen MR) is 87.4 cm³/mol. The number of nitrogens with zero attached hydrogens (tertiary/aromatic N) is 1. The van der Waals surface area contributed by atoms with E-state index in [0.717, 1.165) is 25.2 Å². The van der Waals surface area contributed by atoms with Crippen LogP contribution >= 0.6 is 0 Å². The van der Waals surface area contributed by atoms with Crippen LogP contribution < -0.4 is 11.1 Å². The van der Waals surface area contributed by atoms with Crippen LogP contribution in [0.2, 0.25) is 0 Å². The first kappa shape index (κ1) is 16.0. The molecule has 0 bridgehead atoms. The molecule has 2 atom stereocenters. The Hall–Kier alpha value is -1.39. The van der Waals surface area contributed by atoms with Gasteiger partial charge in [0.05, 0.1) is 6.54 Å². The van der Waals surface area contributed by atoms with Gasteiger partial charge in [-0.2, -0.15) is 0 Å². The van der Waals surface area contributed by atoms with Gasteiger partial charge in [0.15, 0.2) is 0 Å². The third kappa shape index (κ3) is 4.55. The number of benzene rings is 1. The maximum Gasteiger partial charge on any atom is 0.238 e. The Balaban J connectivity index is 1.82. The van der Waals surface area contributed by atoms with Gasteiger partial charge < -0.3 is 11.1 Å². The van der Waals surface area contributed by atoms with Crippen molar-refractivity contribution in [2.24, 2.45) is 11.7 Å². The van der Waals surface area contributed by atoms with Crippen LogP contribution in [-0.4, -0.2) is 36.5 Å². The normalized spacial score (nSPS) is 20.7. The number of carbonyl (C=O) groups excluding carboxylic acids is 1. The SMILES string of the molecule is CC(C)c1ccc(NC(=O)CN2CCC(C(C)N)C2)cc1. The molecule has 4 nitrogen and oxygen atoms in total. The second-order valence-electron chi connectivity index (χ2n) is 6.47. The van der Waals surface area contributed by atoms with Crippen LogP contribution in [0, 0.1) is 5.92 Å². The molecular weight excluding hydrogens is 262 g/mol. The monoisotopic (exact) mass is 289 g/mol. The molecule has 2 rings (SSSR count). The molecule has 0 radical (unpaired) electrons. The first-order valence-electron chi connectivity index (χ1n) is 7.83. The molecule has 1 amide bonds. The van der Waals surface area contributed by atoms with Crippen LogP contribution in [0.5, 0.6) is 0 Å². The van der Waals surface area contributed by atoms with Gasteiger partial charge in [0.1, 0.15) is 0 Å². The molecule has 116 valence electrons. The van der Waals surface area contributed by atoms with Crippen LogP contribution in [0.25, 0.3) is 0 Å². The largest absolute Gasteiger partial charge is 0.328 e. The number of nitrogens with two attached hydrogens (primary N) is 1. The second-order valence-corrected chi connectivity index (χ2v) is 6.47. The summed E-state index contributed by atoms with van der Waals surface area (Å²) in [6, 6.07) is 8.30. The molecule has 1 aliphatic heterocycles. The van der Waals surface area contributed by atoms with Crippen molar-refractivity contribution in [2.75, 3.05) is 25.0 Å². The highest BCUT2D eigenvalue weighted by Crippen LogP contribution is 2.19. The summed E-state index contributed by atoms with van der Waals surface area (Å²) in [4.78, 5) is 14.3. The van der Waals surface area contributed by atoms with Crippen molar-refractivity contribution in [3.05, 3.63) is 29.8 Å². The number of hydrogen-bond acceptors (Lipinski definition) is 3. The first-order chi connectivity index (χ1) is 9.95. The zero-order chi connectivity index (χ0) is 15.4. The van der Waals surface area contributed by atoms with Gasteiger partial charge in [-0.1, -0.05) is 26.0 Å². The summed E-state index contributed by atoms with van der Waals surface area (Å²) in [6.07, 6.45) is 1.09. The maximum atomic E-state index is 12.1. The van der Waals surface area contributed by atoms with Gasteiger partial charge >= 0.3 is 0 Å². The summed E-state index contributed by atoms with van der Waals surface area (Å²) >= 11 is 0. The van der Waals surface area contributed by atoms with E-state index in [1.54, 1.807) is 0 Å². The summed E-state index contributed by atoms with van der Waals surface area (Å²) in [6.45, 7) is 8.72. The van der Waals surface area contributed by atoms with Gasteiger partial charge in [0.25, 0.3) is 0 Å². The van der Waals surface area contributed by atoms with Crippen LogP contribution in [0.4, 0.5) is 5.69 Å². The summed E-state index contributed by atoms with van der Waals surface area (Å²) in [7, 11) is 0. The summed E-state index contributed by atoms with van der Waals surface area (Å²) in [5.41, 5.74) is 8.08. The van der Waals surface area contributed by atoms with Crippen molar-refractivity contribution in [2.45, 2.75) is 39.2 Å². The molecule has 1 aliphatic rings. The van der Waals surface area contributed by atoms with E-state index in [1.165, 1.54) is 5.56 Å². The lowest BCUT2D eigenvalue weighted by Crippen LogP contribution is -2.34. The van der Waals surface area contributed by atoms with Crippen molar-refractivity contribution in [3.8, 4) is 0 Å². The number of anilines is 1. The highest BCUT2D eigenvalue weighted by molar-refractivity contribution is 5.92. The van der Waals surface area contributed by atoms with E-state index < -0.39 is 0 Å². The minimum atomic E-state index is 0.0534. The highest BCUT2D eigenvalue weighted by Gasteiger charge is 2.26. The van der Waals surface area contributed by atoms with E-state index in [0.29, 0.717) is 18.4 Å². The van der Waals surface area contributed by atoms with Gasteiger partial charge in [-0.15, -0.1) is 0 Å². The Morgan fingerprint density at radius 3 is 2.52 bits per heavy atom. The molecule has 0 aromatic heterocycles. The Morgan fingerprint density at radius 2 is 2.00 bits per heavy atom. The third-order valence-corrected chi connectivity index (χ3v) is 4.28. The summed E-state index contributed by atoms with van der Waals surface area (Å²) < 4.78 is 0. The second kappa shape index (κ2) is 7.05. The highest BCUT2D eigenvalue weighted by atomic mass is 16.2. The fraction of sp³-hybridized carbons (Fsp3) is 0.588. The van der Waals surface area contributed by atoms with E-state index in [1.807, 2.05) is 19.1 Å². The molecule has 0 saturated carbocycles. The number of nitrogens with one attached hydrogen (secondary N) is 1. The summed E-state index contributed by atoms with van der Waals surface area (Å²) in [5, 5.41) is 2.97. The van der Waals surface area contributed by atoms with E-state index in [9.17, 15) is 4.79 Å². The fourth-order valence-corrected chi connectivity index (χ4v) is 2.79. The molecule has 0 spiro atoms. The Morgan fingerprint density at radius 1 is 1.33 bits per heavy atom. The smallest absolute Gasteiger partial charge is 0.238 e. The topological polar surface area (TPSA) is 58.4 Å². The quantitative estimate of drug-likeness (QED) is 0.875. The number of rotatable bonds is 5. The van der Waals surface area contributed by atoms with Gasteiger partial charge in [-0.3, -0.25) is 9.69 Å². The predicted octanol–water partition coefficient (Wildman–Crippen LogP) is 2.42. The molecular formula is C17H27N3O. The third-order valence-electron chi connectivity index (χ3n) is 4.28. The van der Waals surface area contributed by atoms with Gasteiger partial charge in [0, 0.05) is 18.3 Å². The fourth-order valence-electron chi connectivity index (χ4n) is 2.79. The molecule has 4 heteroatoms. The lowest BCUT2D eigenvalue weighted by atomic mass is 10.0. The minimum Gasteiger partial charge on any atom is -0.328 e. The molecule has 1 aromatic carbocycles. The van der Waals surface area contributed by atoms with Crippen molar-refractivity contribution in [3.63, 3.8) is 0 Å². The Bertz CT molecular complexity index is 467. The lowest BCUT2D eigenvalue weighted by molar-refractivity contribution is -0.117. The molecule has 3 N–H and O–H groups in total. The zero-order valence-corrected chi connectivity index (χ0v) is 13.3. The zero-order valence-electron chi connectivity index (χ0n) is 13.3. The number of likely N-dealkylation sites (tertiary alicyclic amines) is 1. The van der Waals surface area contributed by atoms with Crippen molar-refractivity contribution >= 4 is 11.6 Å². The van der Waals surface area contributed by atoms with Crippen LogP contribution in [0.1, 0.15) is 38.7 Å². The van der Waals surface area contributed by atoms with E-state index >= 15 is 0 Å². The number of hydrogen-bond donors (Lipinski definition) is 2. The van der Waals surface area contributed by atoms with Gasteiger partial charge in [-0.25, -0.2) is 0 Å². The van der Waals surface area contributed by atoms with Crippen LogP contribution in [0.15, 0.2) is 24.3 Å². The van der Waals surface area contributed by atoms with Crippen molar-refractivity contribution < 1.29 is 4.79 Å². The van der Waals surface area contributed by atoms with E-state index in [-0.39, 0.29) is 11.9 Å². The molecule has 1 saturated heterocycles. The standard InChI is InChI=1S/C17H27N3O/c1-12(2)14-4-6-16(7-5-14)19-17(21)11-20-9-8-15(10-20)13(3)18/h4-7,12-13,15H,8-11,18H2,1-3H3,(H,19,21). The van der Waals surface area contributed by atoms with Crippen molar-refractivity contribution in [1.82, 2.24) is 4.90 Å².